The Morgan fingerprint density at radius 1 is 1.14 bits per heavy atom. The SMILES string of the molecule is COc1ccc(CN(C)C(=O)Cc2ccccc2F)cc1. The molecule has 0 bridgehead atoms. The van der Waals surface area contributed by atoms with Crippen LogP contribution in [0.5, 0.6) is 5.75 Å². The minimum atomic E-state index is -0.344. The number of carbonyl (C=O) groups is 1. The smallest absolute Gasteiger partial charge is 0.227 e. The van der Waals surface area contributed by atoms with Gasteiger partial charge in [0, 0.05) is 13.6 Å². The van der Waals surface area contributed by atoms with Gasteiger partial charge in [-0.15, -0.1) is 0 Å². The molecule has 0 heterocycles. The van der Waals surface area contributed by atoms with Crippen LogP contribution in [0.4, 0.5) is 4.39 Å². The van der Waals surface area contributed by atoms with E-state index >= 15 is 0 Å². The number of ether oxygens (including phenoxy) is 1. The third-order valence-electron chi connectivity index (χ3n) is 3.30. The van der Waals surface area contributed by atoms with Crippen LogP contribution in [-0.2, 0) is 17.8 Å². The molecule has 0 saturated carbocycles. The molecule has 0 N–H and O–H groups in total. The van der Waals surface area contributed by atoms with Gasteiger partial charge in [-0.25, -0.2) is 4.39 Å². The summed E-state index contributed by atoms with van der Waals surface area (Å²) in [5.74, 6) is 0.318. The largest absolute Gasteiger partial charge is 0.497 e. The predicted octanol–water partition coefficient (Wildman–Crippen LogP) is 3.04. The Morgan fingerprint density at radius 3 is 2.43 bits per heavy atom. The van der Waals surface area contributed by atoms with E-state index in [-0.39, 0.29) is 18.1 Å². The zero-order valence-electron chi connectivity index (χ0n) is 12.2. The number of rotatable bonds is 5. The van der Waals surface area contributed by atoms with E-state index in [1.807, 2.05) is 24.3 Å². The van der Waals surface area contributed by atoms with Gasteiger partial charge in [0.25, 0.3) is 0 Å². The maximum atomic E-state index is 13.5. The lowest BCUT2D eigenvalue weighted by Crippen LogP contribution is -2.28. The second kappa shape index (κ2) is 6.88. The minimum Gasteiger partial charge on any atom is -0.497 e. The standard InChI is InChI=1S/C17H18FNO2/c1-19(12-13-7-9-15(21-2)10-8-13)17(20)11-14-5-3-4-6-16(14)18/h3-10H,11-12H2,1-2H3. The number of benzene rings is 2. The number of amides is 1. The number of hydrogen-bond donors (Lipinski definition) is 0. The number of halogens is 1. The van der Waals surface area contributed by atoms with Gasteiger partial charge in [0.2, 0.25) is 5.91 Å². The molecule has 0 aliphatic rings. The van der Waals surface area contributed by atoms with Crippen LogP contribution in [0.25, 0.3) is 0 Å². The molecule has 1 amide bonds. The Bertz CT molecular complexity index is 610. The van der Waals surface area contributed by atoms with E-state index in [9.17, 15) is 9.18 Å². The van der Waals surface area contributed by atoms with Gasteiger partial charge in [-0.3, -0.25) is 4.79 Å². The van der Waals surface area contributed by atoms with Gasteiger partial charge < -0.3 is 9.64 Å². The molecule has 0 aliphatic heterocycles. The zero-order valence-corrected chi connectivity index (χ0v) is 12.2. The van der Waals surface area contributed by atoms with Crippen LogP contribution in [0, 0.1) is 5.82 Å². The number of likely N-dealkylation sites (N-methyl/N-ethyl adjacent to an activating group) is 1. The molecule has 0 aliphatic carbocycles. The van der Waals surface area contributed by atoms with Crippen molar-refractivity contribution in [2.24, 2.45) is 0 Å². The van der Waals surface area contributed by atoms with Crippen LogP contribution < -0.4 is 4.74 Å². The van der Waals surface area contributed by atoms with Crippen molar-refractivity contribution in [3.05, 3.63) is 65.5 Å². The lowest BCUT2D eigenvalue weighted by atomic mass is 10.1. The highest BCUT2D eigenvalue weighted by atomic mass is 19.1. The third kappa shape index (κ3) is 4.05. The number of hydrogen-bond acceptors (Lipinski definition) is 2. The Balaban J connectivity index is 1.97. The fraction of sp³-hybridized carbons (Fsp3) is 0.235. The molecule has 21 heavy (non-hydrogen) atoms. The molecule has 3 nitrogen and oxygen atoms in total. The van der Waals surface area contributed by atoms with Gasteiger partial charge in [-0.2, -0.15) is 0 Å². The molecule has 0 saturated heterocycles. The Morgan fingerprint density at radius 2 is 1.81 bits per heavy atom. The van der Waals surface area contributed by atoms with Gasteiger partial charge in [0.15, 0.2) is 0 Å². The first-order valence-corrected chi connectivity index (χ1v) is 6.70. The van der Waals surface area contributed by atoms with E-state index in [1.54, 1.807) is 37.3 Å². The van der Waals surface area contributed by atoms with Crippen molar-refractivity contribution in [3.8, 4) is 5.75 Å². The van der Waals surface area contributed by atoms with Crippen LogP contribution in [0.15, 0.2) is 48.5 Å². The predicted molar refractivity (Wildman–Crippen MR) is 79.6 cm³/mol. The van der Waals surface area contributed by atoms with E-state index in [1.165, 1.54) is 6.07 Å². The lowest BCUT2D eigenvalue weighted by Gasteiger charge is -2.17. The molecule has 0 aromatic heterocycles. The number of methoxy groups -OCH3 is 1. The first-order valence-electron chi connectivity index (χ1n) is 6.70. The average molecular weight is 287 g/mol. The summed E-state index contributed by atoms with van der Waals surface area (Å²) < 4.78 is 18.6. The van der Waals surface area contributed by atoms with E-state index in [0.29, 0.717) is 12.1 Å². The second-order valence-corrected chi connectivity index (χ2v) is 4.87. The lowest BCUT2D eigenvalue weighted by molar-refractivity contribution is -0.129. The monoisotopic (exact) mass is 287 g/mol. The van der Waals surface area contributed by atoms with Crippen molar-refractivity contribution in [3.63, 3.8) is 0 Å². The number of nitrogens with zero attached hydrogens (tertiary/aromatic N) is 1. The molecule has 0 spiro atoms. The zero-order chi connectivity index (χ0) is 15.2. The fourth-order valence-electron chi connectivity index (χ4n) is 2.03. The second-order valence-electron chi connectivity index (χ2n) is 4.87. The summed E-state index contributed by atoms with van der Waals surface area (Å²) in [6, 6.07) is 13.9. The molecular weight excluding hydrogens is 269 g/mol. The van der Waals surface area contributed by atoms with Crippen molar-refractivity contribution < 1.29 is 13.9 Å². The van der Waals surface area contributed by atoms with Crippen molar-refractivity contribution in [2.45, 2.75) is 13.0 Å². The van der Waals surface area contributed by atoms with Gasteiger partial charge in [0.05, 0.1) is 13.5 Å². The van der Waals surface area contributed by atoms with E-state index < -0.39 is 0 Å². The van der Waals surface area contributed by atoms with Crippen molar-refractivity contribution in [1.29, 1.82) is 0 Å². The molecule has 2 aromatic rings. The highest BCUT2D eigenvalue weighted by molar-refractivity contribution is 5.78. The van der Waals surface area contributed by atoms with E-state index in [0.717, 1.165) is 11.3 Å². The van der Waals surface area contributed by atoms with Gasteiger partial charge >= 0.3 is 0 Å². The molecule has 0 radical (unpaired) electrons. The van der Waals surface area contributed by atoms with Crippen molar-refractivity contribution >= 4 is 5.91 Å². The summed E-state index contributed by atoms with van der Waals surface area (Å²) in [4.78, 5) is 13.7. The maximum absolute atomic E-state index is 13.5. The maximum Gasteiger partial charge on any atom is 0.227 e. The topological polar surface area (TPSA) is 29.5 Å². The van der Waals surface area contributed by atoms with Crippen LogP contribution in [0.3, 0.4) is 0 Å². The van der Waals surface area contributed by atoms with E-state index in [2.05, 4.69) is 0 Å². The van der Waals surface area contributed by atoms with Crippen LogP contribution >= 0.6 is 0 Å². The fourth-order valence-corrected chi connectivity index (χ4v) is 2.03. The average Bonchev–Trinajstić information content (AvgIpc) is 2.50. The number of carbonyl (C=O) groups excluding carboxylic acids is 1. The van der Waals surface area contributed by atoms with Crippen LogP contribution in [0.1, 0.15) is 11.1 Å². The minimum absolute atomic E-state index is 0.0688. The third-order valence-corrected chi connectivity index (χ3v) is 3.30. The highest BCUT2D eigenvalue weighted by Crippen LogP contribution is 2.14. The van der Waals surface area contributed by atoms with Crippen LogP contribution in [-0.4, -0.2) is 25.0 Å². The highest BCUT2D eigenvalue weighted by Gasteiger charge is 2.12. The first-order chi connectivity index (χ1) is 10.1. The van der Waals surface area contributed by atoms with Gasteiger partial charge in [0.1, 0.15) is 11.6 Å². The summed E-state index contributed by atoms with van der Waals surface area (Å²) in [6.45, 7) is 0.483. The molecule has 0 unspecified atom stereocenters. The summed E-state index contributed by atoms with van der Waals surface area (Å²) in [5, 5.41) is 0. The molecule has 2 rings (SSSR count). The molecule has 110 valence electrons. The molecule has 2 aromatic carbocycles. The van der Waals surface area contributed by atoms with Gasteiger partial charge in [-0.05, 0) is 29.3 Å². The normalized spacial score (nSPS) is 10.2. The molecule has 4 heteroatoms. The van der Waals surface area contributed by atoms with Gasteiger partial charge in [-0.1, -0.05) is 30.3 Å². The quantitative estimate of drug-likeness (QED) is 0.846. The van der Waals surface area contributed by atoms with Crippen molar-refractivity contribution in [2.75, 3.05) is 14.2 Å². The van der Waals surface area contributed by atoms with Crippen molar-refractivity contribution in [1.82, 2.24) is 4.90 Å². The summed E-state index contributed by atoms with van der Waals surface area (Å²) >= 11 is 0. The first kappa shape index (κ1) is 15.0. The summed E-state index contributed by atoms with van der Waals surface area (Å²) in [6.07, 6.45) is 0.0688. The van der Waals surface area contributed by atoms with E-state index in [4.69, 9.17) is 4.74 Å². The Kier molecular flexibility index (Phi) is 4.93. The molecule has 0 fully saturated rings. The Labute approximate surface area is 124 Å². The Hall–Kier alpha value is -2.36. The molecule has 0 atom stereocenters. The van der Waals surface area contributed by atoms with Crippen LogP contribution in [0.2, 0.25) is 0 Å². The summed E-state index contributed by atoms with van der Waals surface area (Å²) in [7, 11) is 3.33. The molecular formula is C17H18FNO2. The summed E-state index contributed by atoms with van der Waals surface area (Å²) in [5.41, 5.74) is 1.42.